The van der Waals surface area contributed by atoms with Gasteiger partial charge in [-0.2, -0.15) is 0 Å². The van der Waals surface area contributed by atoms with Crippen molar-refractivity contribution in [2.75, 3.05) is 5.32 Å². The molecule has 1 amide bonds. The van der Waals surface area contributed by atoms with E-state index < -0.39 is 16.9 Å². The molecule has 1 aromatic heterocycles. The first kappa shape index (κ1) is 14.9. The second-order valence-electron chi connectivity index (χ2n) is 4.47. The van der Waals surface area contributed by atoms with Crippen LogP contribution in [-0.4, -0.2) is 21.9 Å². The summed E-state index contributed by atoms with van der Waals surface area (Å²) in [5.74, 6) is -0.00541. The quantitative estimate of drug-likeness (QED) is 0.600. The fraction of sp³-hybridized carbons (Fsp3) is 0.500. The minimum Gasteiger partial charge on any atom is -0.368 e. The number of primary amides is 1. The zero-order valence-electron chi connectivity index (χ0n) is 11.2. The van der Waals surface area contributed by atoms with Gasteiger partial charge in [0.1, 0.15) is 17.6 Å². The van der Waals surface area contributed by atoms with Crippen LogP contribution in [0.3, 0.4) is 0 Å². The smallest absolute Gasteiger partial charge is 0.290 e. The van der Waals surface area contributed by atoms with E-state index in [9.17, 15) is 14.9 Å². The standard InChI is InChI=1S/C12H18N4O3/c1-4-7(2)11(12(13)17)15-10-6-5-9(16(18)19)8(3)14-10/h5-7,11H,4H2,1-3H3,(H2,13,17)(H,14,15). The maximum Gasteiger partial charge on any atom is 0.290 e. The zero-order chi connectivity index (χ0) is 14.6. The zero-order valence-corrected chi connectivity index (χ0v) is 11.2. The molecule has 2 atom stereocenters. The predicted molar refractivity (Wildman–Crippen MR) is 71.7 cm³/mol. The summed E-state index contributed by atoms with van der Waals surface area (Å²) in [6.07, 6.45) is 0.784. The Bertz CT molecular complexity index is 490. The fourth-order valence-electron chi connectivity index (χ4n) is 1.72. The van der Waals surface area contributed by atoms with Gasteiger partial charge in [0, 0.05) is 6.07 Å². The van der Waals surface area contributed by atoms with Gasteiger partial charge in [-0.15, -0.1) is 0 Å². The minimum absolute atomic E-state index is 0.0507. The van der Waals surface area contributed by atoms with E-state index >= 15 is 0 Å². The van der Waals surface area contributed by atoms with E-state index in [-0.39, 0.29) is 11.6 Å². The summed E-state index contributed by atoms with van der Waals surface area (Å²) in [5, 5.41) is 13.6. The first-order chi connectivity index (χ1) is 8.86. The lowest BCUT2D eigenvalue weighted by Gasteiger charge is -2.21. The number of hydrogen-bond acceptors (Lipinski definition) is 5. The molecule has 0 aliphatic rings. The Hall–Kier alpha value is -2.18. The number of pyridine rings is 1. The summed E-state index contributed by atoms with van der Waals surface area (Å²) in [4.78, 5) is 25.7. The van der Waals surface area contributed by atoms with Gasteiger partial charge in [-0.05, 0) is 18.9 Å². The van der Waals surface area contributed by atoms with Crippen molar-refractivity contribution in [3.05, 3.63) is 27.9 Å². The molecule has 0 saturated carbocycles. The number of aromatic nitrogens is 1. The molecule has 0 radical (unpaired) electrons. The van der Waals surface area contributed by atoms with Crippen molar-refractivity contribution >= 4 is 17.4 Å². The van der Waals surface area contributed by atoms with Gasteiger partial charge in [-0.1, -0.05) is 20.3 Å². The second-order valence-corrected chi connectivity index (χ2v) is 4.47. The number of nitrogens with one attached hydrogen (secondary N) is 1. The Morgan fingerprint density at radius 3 is 2.63 bits per heavy atom. The molecule has 0 aliphatic carbocycles. The Kier molecular flexibility index (Phi) is 4.80. The highest BCUT2D eigenvalue weighted by atomic mass is 16.6. The third-order valence-electron chi connectivity index (χ3n) is 3.08. The Morgan fingerprint density at radius 1 is 1.58 bits per heavy atom. The van der Waals surface area contributed by atoms with Crippen LogP contribution in [0.2, 0.25) is 0 Å². The minimum atomic E-state index is -0.543. The molecule has 0 aliphatic heterocycles. The van der Waals surface area contributed by atoms with Gasteiger partial charge < -0.3 is 11.1 Å². The van der Waals surface area contributed by atoms with Gasteiger partial charge in [0.2, 0.25) is 5.91 Å². The van der Waals surface area contributed by atoms with Crippen molar-refractivity contribution in [2.45, 2.75) is 33.2 Å². The number of amides is 1. The highest BCUT2D eigenvalue weighted by Crippen LogP contribution is 2.20. The molecule has 3 N–H and O–H groups in total. The molecule has 104 valence electrons. The largest absolute Gasteiger partial charge is 0.368 e. The maximum absolute atomic E-state index is 11.4. The van der Waals surface area contributed by atoms with E-state index in [0.717, 1.165) is 6.42 Å². The number of hydrogen-bond donors (Lipinski definition) is 2. The highest BCUT2D eigenvalue weighted by Gasteiger charge is 2.22. The summed E-state index contributed by atoms with van der Waals surface area (Å²) in [7, 11) is 0. The van der Waals surface area contributed by atoms with E-state index in [1.54, 1.807) is 6.92 Å². The van der Waals surface area contributed by atoms with Gasteiger partial charge >= 0.3 is 0 Å². The molecule has 0 aromatic carbocycles. The van der Waals surface area contributed by atoms with Gasteiger partial charge in [0.05, 0.1) is 4.92 Å². The van der Waals surface area contributed by atoms with Crippen molar-refractivity contribution < 1.29 is 9.72 Å². The van der Waals surface area contributed by atoms with Crippen molar-refractivity contribution in [1.82, 2.24) is 4.98 Å². The molecule has 0 fully saturated rings. The van der Waals surface area contributed by atoms with Crippen LogP contribution >= 0.6 is 0 Å². The summed E-state index contributed by atoms with van der Waals surface area (Å²) in [6.45, 7) is 5.41. The fourth-order valence-corrected chi connectivity index (χ4v) is 1.72. The van der Waals surface area contributed by atoms with Crippen LogP contribution in [-0.2, 0) is 4.79 Å². The van der Waals surface area contributed by atoms with Gasteiger partial charge in [0.25, 0.3) is 5.69 Å². The first-order valence-electron chi connectivity index (χ1n) is 6.04. The monoisotopic (exact) mass is 266 g/mol. The molecule has 1 aromatic rings. The van der Waals surface area contributed by atoms with Crippen LogP contribution in [0, 0.1) is 23.0 Å². The number of nitro groups is 1. The third kappa shape index (κ3) is 3.64. The average molecular weight is 266 g/mol. The number of aryl methyl sites for hydroxylation is 1. The number of anilines is 1. The molecule has 0 spiro atoms. The van der Waals surface area contributed by atoms with Crippen molar-refractivity contribution in [3.63, 3.8) is 0 Å². The lowest BCUT2D eigenvalue weighted by Crippen LogP contribution is -2.40. The van der Waals surface area contributed by atoms with Crippen LogP contribution in [0.4, 0.5) is 11.5 Å². The van der Waals surface area contributed by atoms with Crippen molar-refractivity contribution in [3.8, 4) is 0 Å². The van der Waals surface area contributed by atoms with E-state index in [4.69, 9.17) is 5.73 Å². The Labute approximate surface area is 111 Å². The van der Waals surface area contributed by atoms with Crippen LogP contribution in [0.25, 0.3) is 0 Å². The normalized spacial score (nSPS) is 13.6. The molecule has 1 rings (SSSR count). The van der Waals surface area contributed by atoms with Crippen molar-refractivity contribution in [2.24, 2.45) is 11.7 Å². The molecule has 2 unspecified atom stereocenters. The maximum atomic E-state index is 11.4. The van der Waals surface area contributed by atoms with Crippen molar-refractivity contribution in [1.29, 1.82) is 0 Å². The Balaban J connectivity index is 2.95. The molecule has 7 heteroatoms. The average Bonchev–Trinajstić information content (AvgIpc) is 2.34. The summed E-state index contributed by atoms with van der Waals surface area (Å²) in [5.41, 5.74) is 5.58. The lowest BCUT2D eigenvalue weighted by atomic mass is 9.98. The summed E-state index contributed by atoms with van der Waals surface area (Å²) >= 11 is 0. The molecule has 19 heavy (non-hydrogen) atoms. The predicted octanol–water partition coefficient (Wildman–Crippen LogP) is 1.61. The van der Waals surface area contributed by atoms with E-state index in [1.165, 1.54) is 12.1 Å². The first-order valence-corrected chi connectivity index (χ1v) is 6.04. The number of nitrogens with zero attached hydrogens (tertiary/aromatic N) is 2. The topological polar surface area (TPSA) is 111 Å². The molecular formula is C12H18N4O3. The lowest BCUT2D eigenvalue weighted by molar-refractivity contribution is -0.385. The Morgan fingerprint density at radius 2 is 2.21 bits per heavy atom. The molecule has 7 nitrogen and oxygen atoms in total. The molecular weight excluding hydrogens is 248 g/mol. The van der Waals surface area contributed by atoms with Gasteiger partial charge in [-0.3, -0.25) is 14.9 Å². The molecule has 0 bridgehead atoms. The van der Waals surface area contributed by atoms with Gasteiger partial charge in [0.15, 0.2) is 0 Å². The van der Waals surface area contributed by atoms with Crippen LogP contribution in [0.15, 0.2) is 12.1 Å². The van der Waals surface area contributed by atoms with E-state index in [0.29, 0.717) is 11.5 Å². The third-order valence-corrected chi connectivity index (χ3v) is 3.08. The van der Waals surface area contributed by atoms with E-state index in [1.807, 2.05) is 13.8 Å². The van der Waals surface area contributed by atoms with E-state index in [2.05, 4.69) is 10.3 Å². The SMILES string of the molecule is CCC(C)C(Nc1ccc([N+](=O)[O-])c(C)n1)C(N)=O. The highest BCUT2D eigenvalue weighted by molar-refractivity contribution is 5.83. The van der Waals surface area contributed by atoms with Gasteiger partial charge in [-0.25, -0.2) is 4.98 Å². The number of carbonyl (C=O) groups excluding carboxylic acids is 1. The number of nitrogens with two attached hydrogens (primary N) is 1. The van der Waals surface area contributed by atoms with Crippen LogP contribution in [0.5, 0.6) is 0 Å². The summed E-state index contributed by atoms with van der Waals surface area (Å²) in [6, 6.07) is 2.29. The van der Waals surface area contributed by atoms with Crippen LogP contribution < -0.4 is 11.1 Å². The second kappa shape index (κ2) is 6.12. The van der Waals surface area contributed by atoms with Crippen LogP contribution in [0.1, 0.15) is 26.0 Å². The molecule has 0 saturated heterocycles. The number of carbonyl (C=O) groups is 1. The number of rotatable bonds is 6. The molecule has 1 heterocycles. The summed E-state index contributed by atoms with van der Waals surface area (Å²) < 4.78 is 0.